The first-order valence-electron chi connectivity index (χ1n) is 8.90. The average Bonchev–Trinajstić information content (AvgIpc) is 3.06. The second-order valence-electron chi connectivity index (χ2n) is 6.17. The summed E-state index contributed by atoms with van der Waals surface area (Å²) in [6, 6.07) is 10.5. The number of ether oxygens (including phenoxy) is 3. The average molecular weight is 427 g/mol. The van der Waals surface area contributed by atoms with E-state index >= 15 is 0 Å². The number of amides is 2. The number of anilines is 1. The molecule has 1 aliphatic heterocycles. The van der Waals surface area contributed by atoms with E-state index in [1.165, 1.54) is 40.0 Å². The van der Waals surface area contributed by atoms with Crippen LogP contribution in [0.15, 0.2) is 46.3 Å². The number of carbonyl (C=O) groups is 2. The highest BCUT2D eigenvalue weighted by Gasteiger charge is 2.24. The van der Waals surface area contributed by atoms with Crippen LogP contribution >= 0.6 is 11.8 Å². The van der Waals surface area contributed by atoms with Gasteiger partial charge in [0.1, 0.15) is 0 Å². The molecule has 2 aromatic carbocycles. The predicted octanol–water partition coefficient (Wildman–Crippen LogP) is 3.56. The molecule has 0 saturated carbocycles. The third-order valence-electron chi connectivity index (χ3n) is 4.05. The molecule has 0 bridgehead atoms. The van der Waals surface area contributed by atoms with Gasteiger partial charge in [0.2, 0.25) is 11.7 Å². The van der Waals surface area contributed by atoms with Crippen molar-refractivity contribution < 1.29 is 23.8 Å². The van der Waals surface area contributed by atoms with Gasteiger partial charge in [0.25, 0.3) is 5.91 Å². The molecule has 9 heteroatoms. The fourth-order valence-electron chi connectivity index (χ4n) is 2.76. The molecule has 0 atom stereocenters. The maximum absolute atomic E-state index is 12.4. The molecule has 8 nitrogen and oxygen atoms in total. The van der Waals surface area contributed by atoms with E-state index in [0.29, 0.717) is 38.7 Å². The van der Waals surface area contributed by atoms with Crippen molar-refractivity contribution in [2.24, 2.45) is 4.99 Å². The zero-order chi connectivity index (χ0) is 21.7. The molecule has 0 radical (unpaired) electrons. The number of amidine groups is 1. The number of hydrogen-bond donors (Lipinski definition) is 2. The van der Waals surface area contributed by atoms with Crippen molar-refractivity contribution in [3.05, 3.63) is 46.9 Å². The lowest BCUT2D eigenvalue weighted by atomic mass is 10.1. The molecule has 30 heavy (non-hydrogen) atoms. The summed E-state index contributed by atoms with van der Waals surface area (Å²) in [6.45, 7) is 1.45. The molecule has 2 aromatic rings. The molecule has 156 valence electrons. The summed E-state index contributed by atoms with van der Waals surface area (Å²) in [5, 5.41) is 5.90. The van der Waals surface area contributed by atoms with E-state index in [2.05, 4.69) is 15.6 Å². The molecule has 3 rings (SSSR count). The molecule has 2 amide bonds. The summed E-state index contributed by atoms with van der Waals surface area (Å²) in [7, 11) is 4.60. The molecule has 0 spiro atoms. The number of rotatable bonds is 6. The van der Waals surface area contributed by atoms with Crippen LogP contribution in [0, 0.1) is 0 Å². The fraction of sp³-hybridized carbons (Fsp3) is 0.190. The standard InChI is InChI=1S/C21H21N3O5S/c1-12(25)22-14-5-7-15(8-6-14)23-21-24-20(26)18(30-21)11-13-9-16(27-2)19(29-4)17(10-13)28-3/h5-11H,1-4H3,(H,22,25)(H,23,24,26)/b18-11-. The molecular formula is C21H21N3O5S. The van der Waals surface area contributed by atoms with Crippen molar-refractivity contribution >= 4 is 46.2 Å². The van der Waals surface area contributed by atoms with Gasteiger partial charge in [-0.05, 0) is 59.8 Å². The van der Waals surface area contributed by atoms with Crippen LogP contribution in [0.3, 0.4) is 0 Å². The first kappa shape index (κ1) is 21.3. The van der Waals surface area contributed by atoms with Crippen molar-refractivity contribution in [1.82, 2.24) is 5.32 Å². The van der Waals surface area contributed by atoms with Crippen LogP contribution in [-0.4, -0.2) is 38.3 Å². The van der Waals surface area contributed by atoms with Gasteiger partial charge < -0.3 is 24.8 Å². The van der Waals surface area contributed by atoms with E-state index in [0.717, 1.165) is 5.56 Å². The zero-order valence-corrected chi connectivity index (χ0v) is 17.8. The highest BCUT2D eigenvalue weighted by molar-refractivity contribution is 8.18. The van der Waals surface area contributed by atoms with Crippen molar-refractivity contribution in [2.45, 2.75) is 6.92 Å². The predicted molar refractivity (Wildman–Crippen MR) is 118 cm³/mol. The number of thioether (sulfide) groups is 1. The Kier molecular flexibility index (Phi) is 6.63. The molecule has 0 aromatic heterocycles. The molecule has 1 fully saturated rings. The number of methoxy groups -OCH3 is 3. The molecule has 2 N–H and O–H groups in total. The SMILES string of the molecule is COc1cc(/C=C2\SC(=Nc3ccc(NC(C)=O)cc3)NC2=O)cc(OC)c1OC. The lowest BCUT2D eigenvalue weighted by molar-refractivity contribution is -0.115. The molecule has 1 saturated heterocycles. The summed E-state index contributed by atoms with van der Waals surface area (Å²) in [4.78, 5) is 28.4. The van der Waals surface area contributed by atoms with Crippen LogP contribution in [0.25, 0.3) is 6.08 Å². The van der Waals surface area contributed by atoms with Gasteiger partial charge in [-0.25, -0.2) is 4.99 Å². The topological polar surface area (TPSA) is 98.2 Å². The quantitative estimate of drug-likeness (QED) is 0.684. The minimum Gasteiger partial charge on any atom is -0.493 e. The van der Waals surface area contributed by atoms with Crippen LogP contribution in [0.2, 0.25) is 0 Å². The lowest BCUT2D eigenvalue weighted by Crippen LogP contribution is -2.19. The third kappa shape index (κ3) is 4.93. The first-order valence-corrected chi connectivity index (χ1v) is 9.72. The van der Waals surface area contributed by atoms with Crippen molar-refractivity contribution in [2.75, 3.05) is 26.6 Å². The smallest absolute Gasteiger partial charge is 0.264 e. The Morgan fingerprint density at radius 2 is 1.70 bits per heavy atom. The first-order chi connectivity index (χ1) is 14.4. The molecule has 1 heterocycles. The highest BCUT2D eigenvalue weighted by Crippen LogP contribution is 2.39. The van der Waals surface area contributed by atoms with Gasteiger partial charge in [-0.2, -0.15) is 0 Å². The summed E-state index contributed by atoms with van der Waals surface area (Å²) in [5.41, 5.74) is 2.06. The molecule has 0 aliphatic carbocycles. The van der Waals surface area contributed by atoms with Crippen molar-refractivity contribution in [3.8, 4) is 17.2 Å². The van der Waals surface area contributed by atoms with E-state index in [1.807, 2.05) is 0 Å². The van der Waals surface area contributed by atoms with Crippen molar-refractivity contribution in [3.63, 3.8) is 0 Å². The minimum atomic E-state index is -0.248. The Morgan fingerprint density at radius 1 is 1.07 bits per heavy atom. The second-order valence-corrected chi connectivity index (χ2v) is 7.20. The van der Waals surface area contributed by atoms with Gasteiger partial charge in [-0.15, -0.1) is 0 Å². The number of hydrogen-bond acceptors (Lipinski definition) is 7. The number of nitrogens with zero attached hydrogens (tertiary/aromatic N) is 1. The monoisotopic (exact) mass is 427 g/mol. The highest BCUT2D eigenvalue weighted by atomic mass is 32.2. The molecule has 1 aliphatic rings. The van der Waals surface area contributed by atoms with Gasteiger partial charge in [-0.3, -0.25) is 9.59 Å². The van der Waals surface area contributed by atoms with Crippen LogP contribution in [0.5, 0.6) is 17.2 Å². The summed E-state index contributed by atoms with van der Waals surface area (Å²) < 4.78 is 16.0. The maximum atomic E-state index is 12.4. The Balaban J connectivity index is 1.82. The van der Waals surface area contributed by atoms with E-state index < -0.39 is 0 Å². The molecular weight excluding hydrogens is 406 g/mol. The van der Waals surface area contributed by atoms with Crippen LogP contribution in [0.4, 0.5) is 11.4 Å². The fourth-order valence-corrected chi connectivity index (χ4v) is 3.60. The zero-order valence-electron chi connectivity index (χ0n) is 16.9. The van der Waals surface area contributed by atoms with E-state index in [-0.39, 0.29) is 11.8 Å². The van der Waals surface area contributed by atoms with E-state index in [4.69, 9.17) is 14.2 Å². The van der Waals surface area contributed by atoms with Gasteiger partial charge in [0, 0.05) is 12.6 Å². The second kappa shape index (κ2) is 9.36. The largest absolute Gasteiger partial charge is 0.493 e. The Hall–Kier alpha value is -3.46. The Labute approximate surface area is 178 Å². The lowest BCUT2D eigenvalue weighted by Gasteiger charge is -2.12. The number of nitrogens with one attached hydrogen (secondary N) is 2. The minimum absolute atomic E-state index is 0.144. The number of carbonyl (C=O) groups excluding carboxylic acids is 2. The van der Waals surface area contributed by atoms with Gasteiger partial charge in [0.15, 0.2) is 16.7 Å². The van der Waals surface area contributed by atoms with E-state index in [1.54, 1.807) is 42.5 Å². The Bertz CT molecular complexity index is 1010. The van der Waals surface area contributed by atoms with Crippen molar-refractivity contribution in [1.29, 1.82) is 0 Å². The summed E-state index contributed by atoms with van der Waals surface area (Å²) in [6.07, 6.45) is 1.73. The van der Waals surface area contributed by atoms with Gasteiger partial charge in [0.05, 0.1) is 31.9 Å². The number of aliphatic imine (C=N–C) groups is 1. The van der Waals surface area contributed by atoms with Crippen LogP contribution in [-0.2, 0) is 9.59 Å². The summed E-state index contributed by atoms with van der Waals surface area (Å²) >= 11 is 1.23. The van der Waals surface area contributed by atoms with Gasteiger partial charge >= 0.3 is 0 Å². The summed E-state index contributed by atoms with van der Waals surface area (Å²) in [5.74, 6) is 1.09. The Morgan fingerprint density at radius 3 is 2.23 bits per heavy atom. The molecule has 0 unspecified atom stereocenters. The van der Waals surface area contributed by atoms with Gasteiger partial charge in [-0.1, -0.05) is 0 Å². The van der Waals surface area contributed by atoms with Crippen LogP contribution in [0.1, 0.15) is 12.5 Å². The number of benzene rings is 2. The maximum Gasteiger partial charge on any atom is 0.264 e. The van der Waals surface area contributed by atoms with E-state index in [9.17, 15) is 9.59 Å². The van der Waals surface area contributed by atoms with Crippen LogP contribution < -0.4 is 24.8 Å². The normalized spacial score (nSPS) is 15.8. The third-order valence-corrected chi connectivity index (χ3v) is 4.96.